The fraction of sp³-hybridized carbons (Fsp3) is 0.370. The number of halogens is 1. The summed E-state index contributed by atoms with van der Waals surface area (Å²) in [6.45, 7) is 9.93. The minimum absolute atomic E-state index is 0.442. The summed E-state index contributed by atoms with van der Waals surface area (Å²) in [5.74, 6) is 0.442. The lowest BCUT2D eigenvalue weighted by Crippen LogP contribution is -2.46. The summed E-state index contributed by atoms with van der Waals surface area (Å²) in [7, 11) is 0. The molecule has 0 saturated carbocycles. The van der Waals surface area contributed by atoms with E-state index in [2.05, 4.69) is 76.2 Å². The number of nitrogens with two attached hydrogens (primary N) is 1. The van der Waals surface area contributed by atoms with Crippen LogP contribution in [0.2, 0.25) is 0 Å². The Morgan fingerprint density at radius 3 is 2.36 bits per heavy atom. The van der Waals surface area contributed by atoms with Crippen molar-refractivity contribution in [2.45, 2.75) is 13.1 Å². The maximum absolute atomic E-state index is 6.32. The van der Waals surface area contributed by atoms with Crippen LogP contribution in [0.1, 0.15) is 16.7 Å². The van der Waals surface area contributed by atoms with Crippen LogP contribution >= 0.6 is 15.9 Å². The Labute approximate surface area is 221 Å². The Hall–Kier alpha value is -2.85. The molecule has 0 radical (unpaired) electrons. The highest BCUT2D eigenvalue weighted by Crippen LogP contribution is 2.39. The molecule has 188 valence electrons. The molecule has 3 N–H and O–H groups in total. The van der Waals surface area contributed by atoms with Crippen molar-refractivity contribution < 1.29 is 0 Å². The Bertz CT molecular complexity index is 1150. The van der Waals surface area contributed by atoms with Gasteiger partial charge in [0.05, 0.1) is 10.2 Å². The van der Waals surface area contributed by atoms with E-state index in [1.807, 2.05) is 24.7 Å². The van der Waals surface area contributed by atoms with Gasteiger partial charge in [-0.25, -0.2) is 4.98 Å². The van der Waals surface area contributed by atoms with Crippen molar-refractivity contribution in [1.29, 1.82) is 0 Å². The molecule has 4 heterocycles. The van der Waals surface area contributed by atoms with Gasteiger partial charge in [0.15, 0.2) is 5.82 Å². The van der Waals surface area contributed by atoms with E-state index >= 15 is 0 Å². The van der Waals surface area contributed by atoms with Gasteiger partial charge in [0, 0.05) is 90.3 Å². The first-order valence-corrected chi connectivity index (χ1v) is 13.3. The van der Waals surface area contributed by atoms with Crippen molar-refractivity contribution in [3.05, 3.63) is 76.2 Å². The molecule has 0 atom stereocenters. The zero-order valence-corrected chi connectivity index (χ0v) is 22.1. The number of anilines is 2. The normalized spacial score (nSPS) is 17.6. The summed E-state index contributed by atoms with van der Waals surface area (Å²) < 4.78 is 0.913. The van der Waals surface area contributed by atoms with E-state index in [1.54, 1.807) is 6.20 Å². The van der Waals surface area contributed by atoms with Crippen molar-refractivity contribution in [1.82, 2.24) is 25.1 Å². The molecule has 2 saturated heterocycles. The topological polar surface area (TPSA) is 85.9 Å². The van der Waals surface area contributed by atoms with Crippen molar-refractivity contribution in [2.24, 2.45) is 4.99 Å². The molecule has 5 rings (SSSR count). The van der Waals surface area contributed by atoms with Crippen molar-refractivity contribution in [3.8, 4) is 0 Å². The highest BCUT2D eigenvalue weighted by atomic mass is 79.9. The second-order valence-corrected chi connectivity index (χ2v) is 10.2. The zero-order valence-electron chi connectivity index (χ0n) is 20.5. The van der Waals surface area contributed by atoms with Crippen LogP contribution in [0, 0.1) is 0 Å². The van der Waals surface area contributed by atoms with Crippen molar-refractivity contribution in [2.75, 3.05) is 63.0 Å². The predicted octanol–water partition coefficient (Wildman–Crippen LogP) is 3.30. The second kappa shape index (κ2) is 11.9. The zero-order chi connectivity index (χ0) is 24.7. The molecular weight excluding hydrogens is 516 g/mol. The maximum atomic E-state index is 6.32. The summed E-state index contributed by atoms with van der Waals surface area (Å²) >= 11 is 3.70. The maximum Gasteiger partial charge on any atom is 0.151 e. The largest absolute Gasteiger partial charge is 0.382 e. The molecule has 3 aromatic rings. The molecule has 0 spiro atoms. The number of nitrogens with one attached hydrogen (secondary N) is 1. The first kappa shape index (κ1) is 24.8. The van der Waals surface area contributed by atoms with Crippen LogP contribution in [0.15, 0.2) is 64.5 Å². The summed E-state index contributed by atoms with van der Waals surface area (Å²) in [6, 6.07) is 12.7. The summed E-state index contributed by atoms with van der Waals surface area (Å²) in [4.78, 5) is 20.7. The Morgan fingerprint density at radius 2 is 1.64 bits per heavy atom. The van der Waals surface area contributed by atoms with Crippen LogP contribution in [0.3, 0.4) is 0 Å². The smallest absolute Gasteiger partial charge is 0.151 e. The number of hydrogen-bond acceptors (Lipinski definition) is 8. The molecule has 0 amide bonds. The van der Waals surface area contributed by atoms with Crippen molar-refractivity contribution >= 4 is 39.3 Å². The molecule has 2 aliphatic heterocycles. The molecule has 0 unspecified atom stereocenters. The molecule has 8 nitrogen and oxygen atoms in total. The molecule has 36 heavy (non-hydrogen) atoms. The molecule has 9 heteroatoms. The van der Waals surface area contributed by atoms with Gasteiger partial charge < -0.3 is 16.0 Å². The minimum atomic E-state index is 0.442. The number of nitrogens with zero attached hydrogens (tertiary/aromatic N) is 6. The fourth-order valence-corrected chi connectivity index (χ4v) is 5.31. The van der Waals surface area contributed by atoms with Gasteiger partial charge in [-0.1, -0.05) is 30.3 Å². The lowest BCUT2D eigenvalue weighted by molar-refractivity contribution is 0.233. The van der Waals surface area contributed by atoms with Gasteiger partial charge in [0.1, 0.15) is 5.69 Å². The van der Waals surface area contributed by atoms with E-state index in [-0.39, 0.29) is 0 Å². The highest BCUT2D eigenvalue weighted by Gasteiger charge is 2.23. The van der Waals surface area contributed by atoms with Crippen LogP contribution in [-0.4, -0.2) is 78.3 Å². The third kappa shape index (κ3) is 6.28. The van der Waals surface area contributed by atoms with E-state index in [9.17, 15) is 0 Å². The van der Waals surface area contributed by atoms with Gasteiger partial charge in [-0.05, 0) is 38.7 Å². The van der Waals surface area contributed by atoms with Gasteiger partial charge in [-0.2, -0.15) is 0 Å². The third-order valence-electron chi connectivity index (χ3n) is 6.77. The Balaban J connectivity index is 1.26. The van der Waals surface area contributed by atoms with Crippen LogP contribution in [0.25, 0.3) is 0 Å². The molecule has 1 aromatic carbocycles. The SMILES string of the molecule is Nc1ncc(Br)c(N2CCN(Cc3cccnc3)CC2)c1N=Cc1ccc(CN2CCNCC2)cc1. The van der Waals surface area contributed by atoms with Gasteiger partial charge >= 0.3 is 0 Å². The number of pyridine rings is 2. The Morgan fingerprint density at radius 1 is 0.917 bits per heavy atom. The number of piperazine rings is 2. The predicted molar refractivity (Wildman–Crippen MR) is 150 cm³/mol. The average Bonchev–Trinajstić information content (AvgIpc) is 2.92. The Kier molecular flexibility index (Phi) is 8.22. The standard InChI is InChI=1S/C27H33BrN8/c28-24-18-33-27(29)25(26(24)36-14-12-35(13-15-36)20-23-2-1-7-31-16-23)32-17-21-3-5-22(6-4-21)19-34-10-8-30-9-11-34/h1-7,16-18,30H,8-15,19-20H2,(H2,29,33). The lowest BCUT2D eigenvalue weighted by atomic mass is 10.1. The summed E-state index contributed by atoms with van der Waals surface area (Å²) in [5.41, 5.74) is 11.7. The molecule has 0 bridgehead atoms. The van der Waals surface area contributed by atoms with Crippen LogP contribution < -0.4 is 16.0 Å². The molecule has 2 aliphatic rings. The monoisotopic (exact) mass is 548 g/mol. The fourth-order valence-electron chi connectivity index (χ4n) is 4.77. The van der Waals surface area contributed by atoms with Gasteiger partial charge in [0.25, 0.3) is 0 Å². The summed E-state index contributed by atoms with van der Waals surface area (Å²) in [6.07, 6.45) is 7.42. The number of nitrogen functional groups attached to an aromatic ring is 1. The first-order chi connectivity index (χ1) is 17.7. The number of rotatable bonds is 7. The second-order valence-electron chi connectivity index (χ2n) is 9.34. The number of hydrogen-bond donors (Lipinski definition) is 2. The van der Waals surface area contributed by atoms with E-state index < -0.39 is 0 Å². The number of aromatic nitrogens is 2. The van der Waals surface area contributed by atoms with Gasteiger partial charge in [0.2, 0.25) is 0 Å². The van der Waals surface area contributed by atoms with E-state index in [0.717, 1.165) is 86.9 Å². The third-order valence-corrected chi connectivity index (χ3v) is 7.35. The molecule has 0 aliphatic carbocycles. The molecular formula is C27H33BrN8. The quantitative estimate of drug-likeness (QED) is 0.438. The lowest BCUT2D eigenvalue weighted by Gasteiger charge is -2.37. The molecule has 2 fully saturated rings. The highest BCUT2D eigenvalue weighted by molar-refractivity contribution is 9.10. The average molecular weight is 550 g/mol. The number of benzene rings is 1. The van der Waals surface area contributed by atoms with Crippen LogP contribution in [0.5, 0.6) is 0 Å². The van der Waals surface area contributed by atoms with E-state index in [4.69, 9.17) is 10.7 Å². The van der Waals surface area contributed by atoms with E-state index in [1.165, 1.54) is 11.1 Å². The molecule has 2 aromatic heterocycles. The van der Waals surface area contributed by atoms with Crippen molar-refractivity contribution in [3.63, 3.8) is 0 Å². The van der Waals surface area contributed by atoms with Crippen LogP contribution in [-0.2, 0) is 13.1 Å². The van der Waals surface area contributed by atoms with E-state index in [0.29, 0.717) is 5.82 Å². The van der Waals surface area contributed by atoms with Crippen LogP contribution in [0.4, 0.5) is 17.2 Å². The minimum Gasteiger partial charge on any atom is -0.382 e. The number of aliphatic imine (C=N–C) groups is 1. The van der Waals surface area contributed by atoms with Gasteiger partial charge in [-0.15, -0.1) is 0 Å². The summed E-state index contributed by atoms with van der Waals surface area (Å²) in [5, 5.41) is 3.40. The van der Waals surface area contributed by atoms with Gasteiger partial charge in [-0.3, -0.25) is 19.8 Å². The first-order valence-electron chi connectivity index (χ1n) is 12.5.